The van der Waals surface area contributed by atoms with Crippen LogP contribution in [0.15, 0.2) is 24.3 Å². The number of hydrogen-bond acceptors (Lipinski definition) is 3. The Morgan fingerprint density at radius 3 is 2.65 bits per heavy atom. The molecule has 1 saturated heterocycles. The molecular formula is C17H21ClN4O. The third-order valence-electron chi connectivity index (χ3n) is 4.42. The van der Waals surface area contributed by atoms with Crippen molar-refractivity contribution in [2.45, 2.75) is 25.8 Å². The lowest BCUT2D eigenvalue weighted by Gasteiger charge is -2.33. The highest BCUT2D eigenvalue weighted by atomic mass is 35.5. The number of hydrogen-bond donors (Lipinski definition) is 2. The summed E-state index contributed by atoms with van der Waals surface area (Å²) in [7, 11) is 1.64. The smallest absolute Gasteiger partial charge is 0.314 e. The van der Waals surface area contributed by atoms with Gasteiger partial charge in [-0.25, -0.2) is 9.78 Å². The first-order valence-corrected chi connectivity index (χ1v) is 8.25. The minimum atomic E-state index is -0.113. The minimum absolute atomic E-state index is 0.113. The predicted octanol–water partition coefficient (Wildman–Crippen LogP) is 3.09. The number of anilines is 1. The number of piperidine rings is 1. The monoisotopic (exact) mass is 332 g/mol. The number of benzene rings is 1. The van der Waals surface area contributed by atoms with Gasteiger partial charge in [0.1, 0.15) is 5.82 Å². The molecule has 1 aliphatic heterocycles. The second kappa shape index (κ2) is 6.62. The molecule has 2 amide bonds. The molecule has 0 spiro atoms. The van der Waals surface area contributed by atoms with Crippen LogP contribution in [0.3, 0.4) is 0 Å². The van der Waals surface area contributed by atoms with Crippen molar-refractivity contribution >= 4 is 34.4 Å². The van der Waals surface area contributed by atoms with Gasteiger partial charge in [0.05, 0.1) is 5.52 Å². The van der Waals surface area contributed by atoms with Gasteiger partial charge in [-0.3, -0.25) is 0 Å². The molecule has 122 valence electrons. The standard InChI is InChI=1S/C17H21ClN4O/c1-11-14(18)5-3-12-4-6-15(21-16(11)12)22-9-7-13(8-10-22)20-17(23)19-2/h3-6,13H,7-10H2,1-2H3,(H2,19,20,23). The maximum Gasteiger partial charge on any atom is 0.314 e. The van der Waals surface area contributed by atoms with Gasteiger partial charge in [0.25, 0.3) is 0 Å². The largest absolute Gasteiger partial charge is 0.356 e. The molecule has 3 rings (SSSR count). The van der Waals surface area contributed by atoms with Crippen molar-refractivity contribution in [1.82, 2.24) is 15.6 Å². The van der Waals surface area contributed by atoms with E-state index in [-0.39, 0.29) is 12.1 Å². The van der Waals surface area contributed by atoms with Crippen LogP contribution >= 0.6 is 11.6 Å². The average molecular weight is 333 g/mol. The van der Waals surface area contributed by atoms with Crippen molar-refractivity contribution in [3.63, 3.8) is 0 Å². The molecule has 2 aromatic rings. The van der Waals surface area contributed by atoms with Gasteiger partial charge < -0.3 is 15.5 Å². The van der Waals surface area contributed by atoms with Gasteiger partial charge in [-0.2, -0.15) is 0 Å². The number of aryl methyl sites for hydroxylation is 1. The predicted molar refractivity (Wildman–Crippen MR) is 94.3 cm³/mol. The Hall–Kier alpha value is -2.01. The summed E-state index contributed by atoms with van der Waals surface area (Å²) in [6.07, 6.45) is 1.84. The number of halogens is 1. The second-order valence-electron chi connectivity index (χ2n) is 5.90. The Labute approximate surface area is 141 Å². The lowest BCUT2D eigenvalue weighted by Crippen LogP contribution is -2.47. The summed E-state index contributed by atoms with van der Waals surface area (Å²) in [6.45, 7) is 3.76. The lowest BCUT2D eigenvalue weighted by molar-refractivity contribution is 0.236. The van der Waals surface area contributed by atoms with Crippen molar-refractivity contribution < 1.29 is 4.79 Å². The number of nitrogens with zero attached hydrogens (tertiary/aromatic N) is 2. The van der Waals surface area contributed by atoms with Crippen LogP contribution in [0.5, 0.6) is 0 Å². The zero-order valence-corrected chi connectivity index (χ0v) is 14.2. The van der Waals surface area contributed by atoms with Crippen molar-refractivity contribution in [2.24, 2.45) is 0 Å². The van der Waals surface area contributed by atoms with Crippen LogP contribution in [0.1, 0.15) is 18.4 Å². The van der Waals surface area contributed by atoms with Gasteiger partial charge in [-0.1, -0.05) is 17.7 Å². The zero-order valence-electron chi connectivity index (χ0n) is 13.4. The Morgan fingerprint density at radius 1 is 1.26 bits per heavy atom. The molecule has 1 aromatic carbocycles. The van der Waals surface area contributed by atoms with Crippen LogP contribution in [0.25, 0.3) is 10.9 Å². The lowest BCUT2D eigenvalue weighted by atomic mass is 10.0. The molecule has 0 aliphatic carbocycles. The summed E-state index contributed by atoms with van der Waals surface area (Å²) >= 11 is 6.21. The van der Waals surface area contributed by atoms with E-state index < -0.39 is 0 Å². The van der Waals surface area contributed by atoms with Gasteiger partial charge in [-0.15, -0.1) is 0 Å². The van der Waals surface area contributed by atoms with Gasteiger partial charge in [0.2, 0.25) is 0 Å². The van der Waals surface area contributed by atoms with Gasteiger partial charge in [0.15, 0.2) is 0 Å². The van der Waals surface area contributed by atoms with Crippen molar-refractivity contribution in [1.29, 1.82) is 0 Å². The summed E-state index contributed by atoms with van der Waals surface area (Å²) in [5.41, 5.74) is 1.97. The Bertz CT molecular complexity index is 726. The first-order chi connectivity index (χ1) is 11.1. The highest BCUT2D eigenvalue weighted by molar-refractivity contribution is 6.32. The zero-order chi connectivity index (χ0) is 16.4. The summed E-state index contributed by atoms with van der Waals surface area (Å²) < 4.78 is 0. The fourth-order valence-corrected chi connectivity index (χ4v) is 3.13. The van der Waals surface area contributed by atoms with Crippen LogP contribution in [-0.4, -0.2) is 37.2 Å². The summed E-state index contributed by atoms with van der Waals surface area (Å²) in [5.74, 6) is 0.973. The van der Waals surface area contributed by atoms with E-state index in [1.165, 1.54) is 0 Å². The van der Waals surface area contributed by atoms with Crippen LogP contribution < -0.4 is 15.5 Å². The van der Waals surface area contributed by atoms with Crippen molar-refractivity contribution in [3.05, 3.63) is 34.9 Å². The highest BCUT2D eigenvalue weighted by Gasteiger charge is 2.21. The molecule has 1 aromatic heterocycles. The molecule has 2 N–H and O–H groups in total. The molecule has 6 heteroatoms. The molecule has 0 saturated carbocycles. The molecule has 1 aliphatic rings. The first kappa shape index (κ1) is 15.9. The Balaban J connectivity index is 1.75. The maximum atomic E-state index is 11.4. The quantitative estimate of drug-likeness (QED) is 0.888. The molecule has 23 heavy (non-hydrogen) atoms. The van der Waals surface area contributed by atoms with E-state index in [1.807, 2.05) is 19.1 Å². The van der Waals surface area contributed by atoms with E-state index in [9.17, 15) is 4.79 Å². The van der Waals surface area contributed by atoms with E-state index in [1.54, 1.807) is 7.05 Å². The van der Waals surface area contributed by atoms with Crippen molar-refractivity contribution in [3.8, 4) is 0 Å². The number of pyridine rings is 1. The third-order valence-corrected chi connectivity index (χ3v) is 4.83. The summed E-state index contributed by atoms with van der Waals surface area (Å²) in [4.78, 5) is 18.5. The van der Waals surface area contributed by atoms with E-state index in [2.05, 4.69) is 27.7 Å². The molecule has 0 bridgehead atoms. The van der Waals surface area contributed by atoms with Crippen LogP contribution in [0.4, 0.5) is 10.6 Å². The molecule has 0 unspecified atom stereocenters. The van der Waals surface area contributed by atoms with Gasteiger partial charge in [-0.05, 0) is 43.5 Å². The fraction of sp³-hybridized carbons (Fsp3) is 0.412. The number of nitrogens with one attached hydrogen (secondary N) is 2. The number of amides is 2. The average Bonchev–Trinajstić information content (AvgIpc) is 2.58. The van der Waals surface area contributed by atoms with Crippen LogP contribution in [0.2, 0.25) is 5.02 Å². The number of carbonyl (C=O) groups excluding carboxylic acids is 1. The number of aromatic nitrogens is 1. The van der Waals surface area contributed by atoms with Gasteiger partial charge in [0, 0.05) is 36.6 Å². The molecule has 0 atom stereocenters. The third kappa shape index (κ3) is 3.34. The number of urea groups is 1. The number of fused-ring (bicyclic) bond motifs is 1. The summed E-state index contributed by atoms with van der Waals surface area (Å²) in [5, 5.41) is 7.42. The van der Waals surface area contributed by atoms with Crippen molar-refractivity contribution in [2.75, 3.05) is 25.0 Å². The number of rotatable bonds is 2. The normalized spacial score (nSPS) is 15.7. The van der Waals surface area contributed by atoms with E-state index in [0.717, 1.165) is 53.2 Å². The number of carbonyl (C=O) groups is 1. The van der Waals surface area contributed by atoms with Crippen LogP contribution in [0, 0.1) is 6.92 Å². The molecule has 1 fully saturated rings. The van der Waals surface area contributed by atoms with E-state index in [4.69, 9.17) is 16.6 Å². The highest BCUT2D eigenvalue weighted by Crippen LogP contribution is 2.27. The van der Waals surface area contributed by atoms with Crippen LogP contribution in [-0.2, 0) is 0 Å². The van der Waals surface area contributed by atoms with E-state index >= 15 is 0 Å². The van der Waals surface area contributed by atoms with E-state index in [0.29, 0.717) is 0 Å². The Morgan fingerprint density at radius 2 is 1.96 bits per heavy atom. The molecule has 0 radical (unpaired) electrons. The maximum absolute atomic E-state index is 11.4. The molecule has 5 nitrogen and oxygen atoms in total. The molecule has 2 heterocycles. The topological polar surface area (TPSA) is 57.3 Å². The van der Waals surface area contributed by atoms with Gasteiger partial charge >= 0.3 is 6.03 Å². The molecular weight excluding hydrogens is 312 g/mol. The minimum Gasteiger partial charge on any atom is -0.356 e. The Kier molecular flexibility index (Phi) is 4.57. The fourth-order valence-electron chi connectivity index (χ4n) is 2.98. The second-order valence-corrected chi connectivity index (χ2v) is 6.31. The first-order valence-electron chi connectivity index (χ1n) is 7.87. The SMILES string of the molecule is CNC(=O)NC1CCN(c2ccc3ccc(Cl)c(C)c3n2)CC1. The summed E-state index contributed by atoms with van der Waals surface area (Å²) in [6, 6.07) is 8.18.